The Morgan fingerprint density at radius 1 is 0.860 bits per heavy atom. The van der Waals surface area contributed by atoms with Crippen LogP contribution in [0.2, 0.25) is 0 Å². The van der Waals surface area contributed by atoms with Crippen LogP contribution in [0.1, 0.15) is 30.0 Å². The number of carbonyl (C=O) groups excluding carboxylic acids is 3. The SMILES string of the molecule is COc1ccc(CS[C@H]2C[C@@H](C(=O)N3CC(C)(CNC(=O)OCc4ccc([N+](=O)[O-])cc4)C3)N(C(=O)OCc3ccc([N+](=O)[O-])cc3)C2)cc1. The Hall–Kier alpha value is -5.38. The molecule has 0 bridgehead atoms. The van der Waals surface area contributed by atoms with Crippen molar-refractivity contribution in [2.45, 2.75) is 43.6 Å². The number of methoxy groups -OCH3 is 1. The molecule has 0 radical (unpaired) electrons. The minimum atomic E-state index is -0.739. The first-order valence-electron chi connectivity index (χ1n) is 15.8. The summed E-state index contributed by atoms with van der Waals surface area (Å²) in [5, 5.41) is 24.5. The van der Waals surface area contributed by atoms with Crippen molar-refractivity contribution >= 4 is 41.2 Å². The highest BCUT2D eigenvalue weighted by atomic mass is 32.2. The van der Waals surface area contributed by atoms with E-state index >= 15 is 0 Å². The van der Waals surface area contributed by atoms with E-state index in [1.807, 2.05) is 31.2 Å². The summed E-state index contributed by atoms with van der Waals surface area (Å²) in [5.41, 5.74) is 1.72. The molecule has 3 amide bonds. The van der Waals surface area contributed by atoms with Crippen molar-refractivity contribution in [3.63, 3.8) is 0 Å². The molecular weight excluding hydrogens is 670 g/mol. The van der Waals surface area contributed by atoms with Crippen molar-refractivity contribution in [3.8, 4) is 5.75 Å². The van der Waals surface area contributed by atoms with Crippen LogP contribution in [0.25, 0.3) is 0 Å². The first kappa shape index (κ1) is 35.9. The number of ether oxygens (including phenoxy) is 3. The number of nitro groups is 2. The number of non-ortho nitro benzene ring substituents is 2. The summed E-state index contributed by atoms with van der Waals surface area (Å²) < 4.78 is 16.0. The Morgan fingerprint density at radius 3 is 1.94 bits per heavy atom. The summed E-state index contributed by atoms with van der Waals surface area (Å²) in [7, 11) is 1.60. The molecule has 0 aromatic heterocycles. The molecule has 0 unspecified atom stereocenters. The predicted octanol–water partition coefficient (Wildman–Crippen LogP) is 5.30. The van der Waals surface area contributed by atoms with Gasteiger partial charge in [0.15, 0.2) is 0 Å². The second-order valence-electron chi connectivity index (χ2n) is 12.5. The van der Waals surface area contributed by atoms with Crippen LogP contribution in [0.5, 0.6) is 5.75 Å². The number of carbonyl (C=O) groups is 3. The maximum absolute atomic E-state index is 13.8. The van der Waals surface area contributed by atoms with Crippen molar-refractivity contribution in [1.29, 1.82) is 0 Å². The van der Waals surface area contributed by atoms with Gasteiger partial charge < -0.3 is 24.4 Å². The molecule has 2 heterocycles. The summed E-state index contributed by atoms with van der Waals surface area (Å²) >= 11 is 1.65. The molecule has 2 aliphatic rings. The van der Waals surface area contributed by atoms with E-state index in [4.69, 9.17) is 14.2 Å². The Balaban J connectivity index is 1.15. The zero-order valence-electron chi connectivity index (χ0n) is 27.5. The van der Waals surface area contributed by atoms with Gasteiger partial charge in [-0.3, -0.25) is 29.9 Å². The van der Waals surface area contributed by atoms with Crippen LogP contribution in [0.3, 0.4) is 0 Å². The summed E-state index contributed by atoms with van der Waals surface area (Å²) in [6.45, 7) is 3.06. The molecule has 0 aliphatic carbocycles. The zero-order chi connectivity index (χ0) is 35.8. The summed E-state index contributed by atoms with van der Waals surface area (Å²) in [6, 6.07) is 18.4. The quantitative estimate of drug-likeness (QED) is 0.180. The molecule has 264 valence electrons. The molecule has 2 fully saturated rings. The van der Waals surface area contributed by atoms with Gasteiger partial charge in [-0.25, -0.2) is 9.59 Å². The highest BCUT2D eigenvalue weighted by Gasteiger charge is 2.48. The number of nitro benzene ring substituents is 2. The number of nitrogens with one attached hydrogen (secondary N) is 1. The number of hydrogen-bond acceptors (Lipinski definition) is 11. The van der Waals surface area contributed by atoms with E-state index in [-0.39, 0.29) is 42.3 Å². The monoisotopic (exact) mass is 707 g/mol. The average molecular weight is 708 g/mol. The molecule has 2 atom stereocenters. The molecule has 2 saturated heterocycles. The lowest BCUT2D eigenvalue weighted by molar-refractivity contribution is -0.385. The lowest BCUT2D eigenvalue weighted by Crippen LogP contribution is -2.64. The van der Waals surface area contributed by atoms with E-state index in [9.17, 15) is 34.6 Å². The smallest absolute Gasteiger partial charge is 0.410 e. The van der Waals surface area contributed by atoms with Crippen LogP contribution in [-0.4, -0.2) is 82.3 Å². The largest absolute Gasteiger partial charge is 0.497 e. The zero-order valence-corrected chi connectivity index (χ0v) is 28.3. The van der Waals surface area contributed by atoms with E-state index in [1.165, 1.54) is 53.4 Å². The standard InChI is InChI=1S/C34H37N5O10S/c1-34(20-35-32(41)48-17-23-3-9-26(10-4-23)38(43)44)21-36(22-34)31(40)30-15-29(50-19-25-7-13-28(47-2)14-8-25)16-37(30)33(42)49-18-24-5-11-27(12-6-24)39(45)46/h3-14,29-30H,15-22H2,1-2H3,(H,35,41)/t29-,30-/m0/s1. The highest BCUT2D eigenvalue weighted by molar-refractivity contribution is 7.99. The second kappa shape index (κ2) is 15.9. The number of hydrogen-bond donors (Lipinski definition) is 1. The molecule has 3 aromatic rings. The lowest BCUT2D eigenvalue weighted by atomic mass is 9.81. The van der Waals surface area contributed by atoms with Crippen molar-refractivity contribution in [2.24, 2.45) is 5.41 Å². The Bertz CT molecular complexity index is 1700. The van der Waals surface area contributed by atoms with E-state index in [1.54, 1.807) is 23.8 Å². The molecule has 0 spiro atoms. The average Bonchev–Trinajstić information content (AvgIpc) is 3.55. The van der Waals surface area contributed by atoms with Gasteiger partial charge in [0.1, 0.15) is 25.0 Å². The Morgan fingerprint density at radius 2 is 1.40 bits per heavy atom. The number of alkyl carbamates (subject to hydrolysis) is 1. The summed E-state index contributed by atoms with van der Waals surface area (Å²) in [6.07, 6.45) is -0.856. The Kier molecular flexibility index (Phi) is 11.4. The van der Waals surface area contributed by atoms with Crippen LogP contribution in [0.4, 0.5) is 21.0 Å². The van der Waals surface area contributed by atoms with E-state index in [0.29, 0.717) is 42.9 Å². The number of benzene rings is 3. The molecule has 0 saturated carbocycles. The van der Waals surface area contributed by atoms with E-state index in [0.717, 1.165) is 11.3 Å². The Labute approximate surface area is 292 Å². The first-order chi connectivity index (χ1) is 23.9. The minimum Gasteiger partial charge on any atom is -0.497 e. The van der Waals surface area contributed by atoms with Crippen LogP contribution < -0.4 is 10.1 Å². The van der Waals surface area contributed by atoms with Gasteiger partial charge in [-0.1, -0.05) is 19.1 Å². The third-order valence-corrected chi connectivity index (χ3v) is 9.88. The molecule has 50 heavy (non-hydrogen) atoms. The van der Waals surface area contributed by atoms with Gasteiger partial charge >= 0.3 is 12.2 Å². The highest BCUT2D eigenvalue weighted by Crippen LogP contribution is 2.35. The molecule has 1 N–H and O–H groups in total. The molecule has 3 aromatic carbocycles. The molecular formula is C34H37N5O10S. The van der Waals surface area contributed by atoms with E-state index < -0.39 is 33.5 Å². The topological polar surface area (TPSA) is 184 Å². The third-order valence-electron chi connectivity index (χ3n) is 8.57. The molecule has 2 aliphatic heterocycles. The van der Waals surface area contributed by atoms with Crippen molar-refractivity contribution in [1.82, 2.24) is 15.1 Å². The predicted molar refractivity (Wildman–Crippen MR) is 182 cm³/mol. The van der Waals surface area contributed by atoms with Gasteiger partial charge in [-0.2, -0.15) is 11.8 Å². The number of thioether (sulfide) groups is 1. The minimum absolute atomic E-state index is 0.0298. The fraction of sp³-hybridized carbons (Fsp3) is 0.382. The normalized spacial score (nSPS) is 17.7. The maximum atomic E-state index is 13.8. The third kappa shape index (κ3) is 9.19. The van der Waals surface area contributed by atoms with Gasteiger partial charge in [-0.15, -0.1) is 0 Å². The van der Waals surface area contributed by atoms with E-state index in [2.05, 4.69) is 5.32 Å². The molecule has 15 nitrogen and oxygen atoms in total. The number of rotatable bonds is 13. The van der Waals surface area contributed by atoms with Crippen molar-refractivity contribution < 1.29 is 38.4 Å². The lowest BCUT2D eigenvalue weighted by Gasteiger charge is -2.49. The van der Waals surface area contributed by atoms with Gasteiger partial charge in [0, 0.05) is 66.9 Å². The van der Waals surface area contributed by atoms with Gasteiger partial charge in [0.05, 0.1) is 17.0 Å². The summed E-state index contributed by atoms with van der Waals surface area (Å²) in [4.78, 5) is 63.4. The number of nitrogens with zero attached hydrogens (tertiary/aromatic N) is 4. The first-order valence-corrected chi connectivity index (χ1v) is 16.8. The van der Waals surface area contributed by atoms with Crippen LogP contribution in [-0.2, 0) is 33.2 Å². The van der Waals surface area contributed by atoms with Crippen LogP contribution >= 0.6 is 11.8 Å². The second-order valence-corrected chi connectivity index (χ2v) is 13.8. The molecule has 5 rings (SSSR count). The van der Waals surface area contributed by atoms with Gasteiger partial charge in [0.2, 0.25) is 5.91 Å². The van der Waals surface area contributed by atoms with Crippen molar-refractivity contribution in [3.05, 3.63) is 110 Å². The van der Waals surface area contributed by atoms with Crippen LogP contribution in [0, 0.1) is 25.6 Å². The number of likely N-dealkylation sites (tertiary alicyclic amines) is 2. The molecule has 16 heteroatoms. The van der Waals surface area contributed by atoms with Crippen molar-refractivity contribution in [2.75, 3.05) is 33.3 Å². The fourth-order valence-electron chi connectivity index (χ4n) is 5.78. The van der Waals surface area contributed by atoms with Gasteiger partial charge in [0.25, 0.3) is 11.4 Å². The maximum Gasteiger partial charge on any atom is 0.410 e. The summed E-state index contributed by atoms with van der Waals surface area (Å²) in [5.74, 6) is 1.22. The van der Waals surface area contributed by atoms with Crippen LogP contribution in [0.15, 0.2) is 72.8 Å². The van der Waals surface area contributed by atoms with Gasteiger partial charge in [-0.05, 0) is 59.5 Å². The number of amides is 3. The fourth-order valence-corrected chi connectivity index (χ4v) is 6.99.